The van der Waals surface area contributed by atoms with E-state index in [4.69, 9.17) is 6.42 Å². The third kappa shape index (κ3) is 2.36. The van der Waals surface area contributed by atoms with E-state index in [9.17, 15) is 9.59 Å². The fourth-order valence-corrected chi connectivity index (χ4v) is 1.64. The lowest BCUT2D eigenvalue weighted by Gasteiger charge is -2.02. The Morgan fingerprint density at radius 2 is 1.78 bits per heavy atom. The topological polar surface area (TPSA) is 34.1 Å². The molecule has 86 valence electrons. The number of carbonyl (C=O) groups excluding carboxylic acids is 2. The normalized spacial score (nSPS) is 9.50. The molecule has 0 aliphatic carbocycles. The summed E-state index contributed by atoms with van der Waals surface area (Å²) in [5.41, 5.74) is 2.26. The van der Waals surface area contributed by atoms with Gasteiger partial charge in [0.25, 0.3) is 0 Å². The first-order valence-electron chi connectivity index (χ1n) is 5.41. The molecule has 0 aliphatic rings. The molecule has 2 nitrogen and oxygen atoms in total. The van der Waals surface area contributed by atoms with E-state index in [2.05, 4.69) is 5.92 Å². The molecule has 2 aromatic rings. The van der Waals surface area contributed by atoms with Gasteiger partial charge in [-0.3, -0.25) is 9.59 Å². The van der Waals surface area contributed by atoms with Crippen molar-refractivity contribution in [3.05, 3.63) is 70.8 Å². The summed E-state index contributed by atoms with van der Waals surface area (Å²) in [6.45, 7) is 0. The zero-order valence-corrected chi connectivity index (χ0v) is 9.59. The fraction of sp³-hybridized carbons (Fsp3) is 0. The lowest BCUT2D eigenvalue weighted by atomic mass is 10.0. The van der Waals surface area contributed by atoms with E-state index in [1.807, 2.05) is 0 Å². The SMILES string of the molecule is C#Cc1ccc(C(=O)c2cccc(C=O)c2)cc1. The average Bonchev–Trinajstić information content (AvgIpc) is 2.46. The second-order valence-corrected chi connectivity index (χ2v) is 3.79. The van der Waals surface area contributed by atoms with Crippen molar-refractivity contribution >= 4 is 12.1 Å². The van der Waals surface area contributed by atoms with E-state index >= 15 is 0 Å². The van der Waals surface area contributed by atoms with Gasteiger partial charge in [-0.05, 0) is 30.3 Å². The molecule has 2 heteroatoms. The highest BCUT2D eigenvalue weighted by Gasteiger charge is 2.09. The molecule has 0 fully saturated rings. The van der Waals surface area contributed by atoms with Gasteiger partial charge in [-0.1, -0.05) is 24.1 Å². The van der Waals surface area contributed by atoms with Crippen molar-refractivity contribution in [2.75, 3.05) is 0 Å². The molecule has 0 heterocycles. The third-order valence-corrected chi connectivity index (χ3v) is 2.60. The molecule has 2 rings (SSSR count). The summed E-state index contributed by atoms with van der Waals surface area (Å²) in [5, 5.41) is 0. The van der Waals surface area contributed by atoms with Gasteiger partial charge in [0.15, 0.2) is 5.78 Å². The summed E-state index contributed by atoms with van der Waals surface area (Å²) in [6, 6.07) is 13.4. The van der Waals surface area contributed by atoms with Crippen LogP contribution in [-0.4, -0.2) is 12.1 Å². The summed E-state index contributed by atoms with van der Waals surface area (Å²) in [4.78, 5) is 22.8. The van der Waals surface area contributed by atoms with Crippen molar-refractivity contribution in [1.82, 2.24) is 0 Å². The molecule has 18 heavy (non-hydrogen) atoms. The standard InChI is InChI=1S/C16H10O2/c1-2-12-6-8-14(9-7-12)16(18)15-5-3-4-13(10-15)11-17/h1,3-11H. The molecule has 0 unspecified atom stereocenters. The van der Waals surface area contributed by atoms with Crippen molar-refractivity contribution in [3.63, 3.8) is 0 Å². The lowest BCUT2D eigenvalue weighted by Crippen LogP contribution is -2.01. The first kappa shape index (κ1) is 11.8. The Morgan fingerprint density at radius 1 is 1.06 bits per heavy atom. The average molecular weight is 234 g/mol. The number of hydrogen-bond acceptors (Lipinski definition) is 2. The van der Waals surface area contributed by atoms with E-state index in [0.717, 1.165) is 11.8 Å². The molecule has 0 aromatic heterocycles. The van der Waals surface area contributed by atoms with Gasteiger partial charge in [0.1, 0.15) is 6.29 Å². The summed E-state index contributed by atoms with van der Waals surface area (Å²) >= 11 is 0. The maximum atomic E-state index is 12.1. The van der Waals surface area contributed by atoms with Crippen LogP contribution in [0.15, 0.2) is 48.5 Å². The van der Waals surface area contributed by atoms with E-state index in [1.54, 1.807) is 48.5 Å². The Labute approximate surface area is 105 Å². The van der Waals surface area contributed by atoms with Gasteiger partial charge in [0.05, 0.1) is 0 Å². The van der Waals surface area contributed by atoms with Crippen LogP contribution in [0.2, 0.25) is 0 Å². The monoisotopic (exact) mass is 234 g/mol. The maximum absolute atomic E-state index is 12.1. The molecule has 2 aromatic carbocycles. The molecule has 0 saturated carbocycles. The predicted octanol–water partition coefficient (Wildman–Crippen LogP) is 2.71. The minimum atomic E-state index is -0.123. The molecule has 0 atom stereocenters. The van der Waals surface area contributed by atoms with Crippen LogP contribution in [-0.2, 0) is 0 Å². The van der Waals surface area contributed by atoms with Gasteiger partial charge in [-0.15, -0.1) is 6.42 Å². The number of aldehydes is 1. The van der Waals surface area contributed by atoms with Crippen LogP contribution in [0.4, 0.5) is 0 Å². The summed E-state index contributed by atoms with van der Waals surface area (Å²) in [5.74, 6) is 2.37. The van der Waals surface area contributed by atoms with Gasteiger partial charge < -0.3 is 0 Å². The number of carbonyl (C=O) groups is 2. The van der Waals surface area contributed by atoms with E-state index in [-0.39, 0.29) is 5.78 Å². The number of ketones is 1. The summed E-state index contributed by atoms with van der Waals surface area (Å²) in [7, 11) is 0. The van der Waals surface area contributed by atoms with Crippen LogP contribution in [0.1, 0.15) is 31.8 Å². The van der Waals surface area contributed by atoms with Crippen LogP contribution in [0.3, 0.4) is 0 Å². The Kier molecular flexibility index (Phi) is 3.36. The molecule has 0 amide bonds. The van der Waals surface area contributed by atoms with Crippen LogP contribution in [0.5, 0.6) is 0 Å². The predicted molar refractivity (Wildman–Crippen MR) is 69.6 cm³/mol. The van der Waals surface area contributed by atoms with E-state index < -0.39 is 0 Å². The van der Waals surface area contributed by atoms with E-state index in [0.29, 0.717) is 16.7 Å². The molecule has 0 aliphatic heterocycles. The molecule has 0 spiro atoms. The Bertz CT molecular complexity index is 631. The van der Waals surface area contributed by atoms with Crippen molar-refractivity contribution in [2.24, 2.45) is 0 Å². The number of hydrogen-bond donors (Lipinski definition) is 0. The van der Waals surface area contributed by atoms with Gasteiger partial charge in [-0.25, -0.2) is 0 Å². The van der Waals surface area contributed by atoms with Crippen molar-refractivity contribution in [3.8, 4) is 12.3 Å². The Hall–Kier alpha value is -2.66. The highest BCUT2D eigenvalue weighted by atomic mass is 16.1. The van der Waals surface area contributed by atoms with Gasteiger partial charge in [-0.2, -0.15) is 0 Å². The maximum Gasteiger partial charge on any atom is 0.193 e. The van der Waals surface area contributed by atoms with E-state index in [1.165, 1.54) is 0 Å². The first-order valence-corrected chi connectivity index (χ1v) is 5.41. The fourth-order valence-electron chi connectivity index (χ4n) is 1.64. The number of terminal acetylenes is 1. The summed E-state index contributed by atoms with van der Waals surface area (Å²) < 4.78 is 0. The molecule has 0 radical (unpaired) electrons. The van der Waals surface area contributed by atoms with Gasteiger partial charge in [0, 0.05) is 22.3 Å². The van der Waals surface area contributed by atoms with Crippen LogP contribution in [0, 0.1) is 12.3 Å². The number of benzene rings is 2. The Balaban J connectivity index is 2.35. The molecule has 0 N–H and O–H groups in total. The Morgan fingerprint density at radius 3 is 2.39 bits per heavy atom. The molecule has 0 bridgehead atoms. The second kappa shape index (κ2) is 5.11. The number of rotatable bonds is 3. The zero-order valence-electron chi connectivity index (χ0n) is 9.59. The van der Waals surface area contributed by atoms with Gasteiger partial charge in [0.2, 0.25) is 0 Å². The van der Waals surface area contributed by atoms with Gasteiger partial charge >= 0.3 is 0 Å². The van der Waals surface area contributed by atoms with Crippen molar-refractivity contribution in [1.29, 1.82) is 0 Å². The lowest BCUT2D eigenvalue weighted by molar-refractivity contribution is 0.103. The summed E-state index contributed by atoms with van der Waals surface area (Å²) in [6.07, 6.45) is 5.97. The largest absolute Gasteiger partial charge is 0.298 e. The third-order valence-electron chi connectivity index (χ3n) is 2.60. The van der Waals surface area contributed by atoms with Crippen LogP contribution >= 0.6 is 0 Å². The van der Waals surface area contributed by atoms with Crippen molar-refractivity contribution < 1.29 is 9.59 Å². The highest BCUT2D eigenvalue weighted by Crippen LogP contribution is 2.12. The van der Waals surface area contributed by atoms with Crippen molar-refractivity contribution in [2.45, 2.75) is 0 Å². The van der Waals surface area contributed by atoms with Crippen LogP contribution in [0.25, 0.3) is 0 Å². The molecule has 0 saturated heterocycles. The highest BCUT2D eigenvalue weighted by molar-refractivity contribution is 6.09. The van der Waals surface area contributed by atoms with Crippen LogP contribution < -0.4 is 0 Å². The first-order chi connectivity index (χ1) is 8.74. The second-order valence-electron chi connectivity index (χ2n) is 3.79. The molecular formula is C16H10O2. The quantitative estimate of drug-likeness (QED) is 0.465. The smallest absolute Gasteiger partial charge is 0.193 e. The zero-order chi connectivity index (χ0) is 13.0. The molecular weight excluding hydrogens is 224 g/mol. The minimum Gasteiger partial charge on any atom is -0.298 e. The minimum absolute atomic E-state index is 0.123.